The number of nitrogens with zero attached hydrogens (tertiary/aromatic N) is 1. The summed E-state index contributed by atoms with van der Waals surface area (Å²) in [5.41, 5.74) is 2.44. The molecule has 2 N–H and O–H groups in total. The molecule has 0 aliphatic carbocycles. The first kappa shape index (κ1) is 13.3. The van der Waals surface area contributed by atoms with Crippen LogP contribution >= 0.6 is 0 Å². The number of carbonyl (C=O) groups is 1. The van der Waals surface area contributed by atoms with E-state index in [4.69, 9.17) is 9.84 Å². The first-order valence-electron chi connectivity index (χ1n) is 6.49. The van der Waals surface area contributed by atoms with Crippen molar-refractivity contribution in [3.8, 4) is 5.75 Å². The molecular weight excluding hydrogens is 268 g/mol. The second-order valence-electron chi connectivity index (χ2n) is 4.67. The van der Waals surface area contributed by atoms with Gasteiger partial charge in [0.1, 0.15) is 11.4 Å². The minimum Gasteiger partial charge on any atom is -0.497 e. The third-order valence-electron chi connectivity index (χ3n) is 3.38. The van der Waals surface area contributed by atoms with Crippen LogP contribution in [0.3, 0.4) is 0 Å². The van der Waals surface area contributed by atoms with Crippen molar-refractivity contribution in [2.24, 2.45) is 0 Å². The van der Waals surface area contributed by atoms with E-state index in [0.29, 0.717) is 17.0 Å². The number of fused-ring (bicyclic) bond motifs is 1. The van der Waals surface area contributed by atoms with Crippen molar-refractivity contribution in [1.29, 1.82) is 0 Å². The van der Waals surface area contributed by atoms with Gasteiger partial charge in [-0.05, 0) is 17.7 Å². The zero-order valence-corrected chi connectivity index (χ0v) is 11.5. The number of hydrogen-bond donors (Lipinski definition) is 2. The third kappa shape index (κ3) is 2.39. The lowest BCUT2D eigenvalue weighted by atomic mass is 10.0. The van der Waals surface area contributed by atoms with E-state index in [1.54, 1.807) is 43.5 Å². The fourth-order valence-electron chi connectivity index (χ4n) is 2.20. The number of aromatic amines is 1. The summed E-state index contributed by atoms with van der Waals surface area (Å²) in [6.07, 6.45) is 0. The molecule has 0 aliphatic heterocycles. The lowest BCUT2D eigenvalue weighted by Crippen LogP contribution is -2.02. The average Bonchev–Trinajstić information content (AvgIpc) is 2.97. The quantitative estimate of drug-likeness (QED) is 0.720. The van der Waals surface area contributed by atoms with Gasteiger partial charge in [0.25, 0.3) is 0 Å². The van der Waals surface area contributed by atoms with Gasteiger partial charge in [-0.15, -0.1) is 0 Å². The summed E-state index contributed by atoms with van der Waals surface area (Å²) in [5.74, 6) is 0.549. The van der Waals surface area contributed by atoms with Crippen LogP contribution in [0.2, 0.25) is 0 Å². The predicted molar refractivity (Wildman–Crippen MR) is 78.4 cm³/mol. The topological polar surface area (TPSA) is 75.2 Å². The number of benzene rings is 2. The molecule has 5 nitrogen and oxygen atoms in total. The van der Waals surface area contributed by atoms with Crippen molar-refractivity contribution in [3.05, 3.63) is 59.3 Å². The van der Waals surface area contributed by atoms with Gasteiger partial charge in [0, 0.05) is 17.0 Å². The molecule has 106 valence electrons. The molecule has 0 amide bonds. The highest BCUT2D eigenvalue weighted by atomic mass is 16.5. The second-order valence-corrected chi connectivity index (χ2v) is 4.67. The lowest BCUT2D eigenvalue weighted by molar-refractivity contribution is 0.103. The van der Waals surface area contributed by atoms with E-state index in [1.165, 1.54) is 0 Å². The highest BCUT2D eigenvalue weighted by molar-refractivity contribution is 6.14. The number of rotatable bonds is 4. The first-order valence-corrected chi connectivity index (χ1v) is 6.49. The number of methoxy groups -OCH3 is 1. The Bertz CT molecular complexity index is 791. The fourth-order valence-corrected chi connectivity index (χ4v) is 2.20. The summed E-state index contributed by atoms with van der Waals surface area (Å²) in [4.78, 5) is 12.5. The molecule has 1 aromatic heterocycles. The van der Waals surface area contributed by atoms with Crippen LogP contribution in [-0.4, -0.2) is 28.2 Å². The van der Waals surface area contributed by atoms with Gasteiger partial charge in [0.2, 0.25) is 5.78 Å². The molecule has 5 heteroatoms. The average molecular weight is 282 g/mol. The van der Waals surface area contributed by atoms with E-state index in [1.807, 2.05) is 6.07 Å². The number of aromatic nitrogens is 2. The summed E-state index contributed by atoms with van der Waals surface area (Å²) in [7, 11) is 1.59. The van der Waals surface area contributed by atoms with E-state index >= 15 is 0 Å². The standard InChI is InChI=1S/C16H14N2O3/c1-21-12-6-7-13-14(8-12)17-18-15(13)16(20)11-4-2-10(9-19)3-5-11/h2-8,19H,9H2,1H3,(H,17,18). The Morgan fingerprint density at radius 2 is 2.00 bits per heavy atom. The van der Waals surface area contributed by atoms with Gasteiger partial charge in [0.15, 0.2) is 0 Å². The number of hydrogen-bond acceptors (Lipinski definition) is 4. The van der Waals surface area contributed by atoms with Gasteiger partial charge >= 0.3 is 0 Å². The minimum atomic E-state index is -0.157. The Morgan fingerprint density at radius 3 is 2.67 bits per heavy atom. The number of ketones is 1. The molecule has 0 bridgehead atoms. The number of aliphatic hydroxyl groups excluding tert-OH is 1. The van der Waals surface area contributed by atoms with Crippen LogP contribution in [0.1, 0.15) is 21.6 Å². The second kappa shape index (κ2) is 5.38. The van der Waals surface area contributed by atoms with Crippen LogP contribution in [0, 0.1) is 0 Å². The highest BCUT2D eigenvalue weighted by Gasteiger charge is 2.16. The predicted octanol–water partition coefficient (Wildman–Crippen LogP) is 2.29. The summed E-state index contributed by atoms with van der Waals surface area (Å²) in [5, 5.41) is 16.7. The Balaban J connectivity index is 2.00. The summed E-state index contributed by atoms with van der Waals surface area (Å²) < 4.78 is 5.15. The normalized spacial score (nSPS) is 10.8. The van der Waals surface area contributed by atoms with Crippen LogP contribution in [0.4, 0.5) is 0 Å². The number of H-pyrrole nitrogens is 1. The molecule has 0 spiro atoms. The maximum Gasteiger partial charge on any atom is 0.213 e. The highest BCUT2D eigenvalue weighted by Crippen LogP contribution is 2.23. The van der Waals surface area contributed by atoms with E-state index in [0.717, 1.165) is 16.5 Å². The first-order chi connectivity index (χ1) is 10.2. The maximum absolute atomic E-state index is 12.5. The maximum atomic E-state index is 12.5. The van der Waals surface area contributed by atoms with Gasteiger partial charge in [-0.1, -0.05) is 24.3 Å². The zero-order valence-electron chi connectivity index (χ0n) is 11.5. The Hall–Kier alpha value is -2.66. The van der Waals surface area contributed by atoms with Crippen LogP contribution in [0.25, 0.3) is 10.9 Å². The molecule has 0 atom stereocenters. The molecule has 0 saturated carbocycles. The molecule has 3 rings (SSSR count). The molecule has 2 aromatic carbocycles. The molecule has 3 aromatic rings. The summed E-state index contributed by atoms with van der Waals surface area (Å²) in [6, 6.07) is 12.2. The number of nitrogens with one attached hydrogen (secondary N) is 1. The molecular formula is C16H14N2O3. The van der Waals surface area contributed by atoms with E-state index in [2.05, 4.69) is 10.2 Å². The smallest absolute Gasteiger partial charge is 0.213 e. The SMILES string of the molecule is COc1ccc2c(C(=O)c3ccc(CO)cc3)n[nH]c2c1. The van der Waals surface area contributed by atoms with Gasteiger partial charge in [-0.3, -0.25) is 9.89 Å². The van der Waals surface area contributed by atoms with E-state index in [9.17, 15) is 4.79 Å². The third-order valence-corrected chi connectivity index (χ3v) is 3.38. The molecule has 0 radical (unpaired) electrons. The molecule has 0 unspecified atom stereocenters. The Labute approximate surface area is 121 Å². The van der Waals surface area contributed by atoms with Gasteiger partial charge in [-0.2, -0.15) is 5.10 Å². The molecule has 0 fully saturated rings. The van der Waals surface area contributed by atoms with Gasteiger partial charge < -0.3 is 9.84 Å². The summed E-state index contributed by atoms with van der Waals surface area (Å²) in [6.45, 7) is -0.0421. The van der Waals surface area contributed by atoms with Gasteiger partial charge in [-0.25, -0.2) is 0 Å². The lowest BCUT2D eigenvalue weighted by Gasteiger charge is -2.01. The fraction of sp³-hybridized carbons (Fsp3) is 0.125. The van der Waals surface area contributed by atoms with E-state index < -0.39 is 0 Å². The van der Waals surface area contributed by atoms with Crippen molar-refractivity contribution in [3.63, 3.8) is 0 Å². The molecule has 0 saturated heterocycles. The number of ether oxygens (including phenoxy) is 1. The van der Waals surface area contributed by atoms with Crippen molar-refractivity contribution < 1.29 is 14.6 Å². The van der Waals surface area contributed by atoms with Crippen LogP contribution < -0.4 is 4.74 Å². The molecule has 1 heterocycles. The van der Waals surface area contributed by atoms with Crippen molar-refractivity contribution in [2.75, 3.05) is 7.11 Å². The Kier molecular flexibility index (Phi) is 3.41. The monoisotopic (exact) mass is 282 g/mol. The van der Waals surface area contributed by atoms with Crippen LogP contribution in [0.15, 0.2) is 42.5 Å². The summed E-state index contributed by atoms with van der Waals surface area (Å²) >= 11 is 0. The van der Waals surface area contributed by atoms with Crippen molar-refractivity contribution in [1.82, 2.24) is 10.2 Å². The molecule has 0 aliphatic rings. The Morgan fingerprint density at radius 1 is 1.24 bits per heavy atom. The van der Waals surface area contributed by atoms with Gasteiger partial charge in [0.05, 0.1) is 19.2 Å². The van der Waals surface area contributed by atoms with E-state index in [-0.39, 0.29) is 12.4 Å². The minimum absolute atomic E-state index is 0.0421. The largest absolute Gasteiger partial charge is 0.497 e. The van der Waals surface area contributed by atoms with Crippen molar-refractivity contribution in [2.45, 2.75) is 6.61 Å². The number of carbonyl (C=O) groups excluding carboxylic acids is 1. The van der Waals surface area contributed by atoms with Crippen molar-refractivity contribution >= 4 is 16.7 Å². The van der Waals surface area contributed by atoms with Crippen LogP contribution in [-0.2, 0) is 6.61 Å². The number of aliphatic hydroxyl groups is 1. The molecule has 21 heavy (non-hydrogen) atoms. The van der Waals surface area contributed by atoms with Crippen LogP contribution in [0.5, 0.6) is 5.75 Å². The zero-order chi connectivity index (χ0) is 14.8.